The van der Waals surface area contributed by atoms with Gasteiger partial charge in [-0.05, 0) is 18.6 Å². The molecule has 0 amide bonds. The minimum Gasteiger partial charge on any atom is -0.477 e. The van der Waals surface area contributed by atoms with Gasteiger partial charge in [-0.2, -0.15) is 5.26 Å². The Kier molecular flexibility index (Phi) is 3.56. The molecule has 1 heterocycles. The zero-order valence-electron chi connectivity index (χ0n) is 9.81. The summed E-state index contributed by atoms with van der Waals surface area (Å²) in [4.78, 5) is 4.37. The molecule has 17 heavy (non-hydrogen) atoms. The molecule has 0 aliphatic carbocycles. The maximum atomic E-state index is 9.06. The molecule has 0 atom stereocenters. The lowest BCUT2D eigenvalue weighted by molar-refractivity contribution is 0.298. The highest BCUT2D eigenvalue weighted by Crippen LogP contribution is 2.21. The first-order chi connectivity index (χ1) is 8.35. The highest BCUT2D eigenvalue weighted by Gasteiger charge is 2.07. The highest BCUT2D eigenvalue weighted by atomic mass is 16.5. The number of hydrogen-bond donors (Lipinski definition) is 0. The van der Waals surface area contributed by atoms with Crippen LogP contribution in [0.15, 0.2) is 30.3 Å². The lowest BCUT2D eigenvalue weighted by atomic mass is 10.1. The molecule has 0 bridgehead atoms. The molecule has 2 aromatic rings. The standard InChI is InChI=1S/C14H14N2O/c1-2-3-8-17-14-12(10-15)9-11-6-4-5-7-13(11)16-14/h4-7,9H,2-3,8H2,1H3. The van der Waals surface area contributed by atoms with Crippen LogP contribution in [0.3, 0.4) is 0 Å². The average Bonchev–Trinajstić information content (AvgIpc) is 2.38. The van der Waals surface area contributed by atoms with E-state index < -0.39 is 0 Å². The van der Waals surface area contributed by atoms with Crippen LogP contribution in [0.25, 0.3) is 10.9 Å². The van der Waals surface area contributed by atoms with Crippen LogP contribution in [0.1, 0.15) is 25.3 Å². The molecule has 0 spiro atoms. The van der Waals surface area contributed by atoms with E-state index in [9.17, 15) is 0 Å². The fraction of sp³-hybridized carbons (Fsp3) is 0.286. The highest BCUT2D eigenvalue weighted by molar-refractivity contribution is 5.80. The van der Waals surface area contributed by atoms with Crippen molar-refractivity contribution in [1.29, 1.82) is 5.26 Å². The lowest BCUT2D eigenvalue weighted by Gasteiger charge is -2.07. The maximum Gasteiger partial charge on any atom is 0.232 e. The zero-order chi connectivity index (χ0) is 12.1. The number of pyridine rings is 1. The Balaban J connectivity index is 2.36. The van der Waals surface area contributed by atoms with Crippen LogP contribution >= 0.6 is 0 Å². The SMILES string of the molecule is CCCCOc1nc2ccccc2cc1C#N. The number of ether oxygens (including phenoxy) is 1. The molecule has 3 heteroatoms. The summed E-state index contributed by atoms with van der Waals surface area (Å²) in [6.45, 7) is 2.71. The van der Waals surface area contributed by atoms with Gasteiger partial charge in [-0.25, -0.2) is 4.98 Å². The Labute approximate surface area is 101 Å². The van der Waals surface area contributed by atoms with Gasteiger partial charge >= 0.3 is 0 Å². The molecule has 0 aliphatic heterocycles. The number of unbranched alkanes of at least 4 members (excludes halogenated alkanes) is 1. The van der Waals surface area contributed by atoms with Gasteiger partial charge in [0.05, 0.1) is 12.1 Å². The Morgan fingerprint density at radius 3 is 2.94 bits per heavy atom. The molecule has 86 valence electrons. The van der Waals surface area contributed by atoms with Gasteiger partial charge in [-0.15, -0.1) is 0 Å². The van der Waals surface area contributed by atoms with Crippen LogP contribution < -0.4 is 4.74 Å². The van der Waals surface area contributed by atoms with Gasteiger partial charge in [0.15, 0.2) is 0 Å². The van der Waals surface area contributed by atoms with Gasteiger partial charge in [0, 0.05) is 5.39 Å². The van der Waals surface area contributed by atoms with Gasteiger partial charge in [0.2, 0.25) is 5.88 Å². The zero-order valence-corrected chi connectivity index (χ0v) is 9.81. The summed E-state index contributed by atoms with van der Waals surface area (Å²) in [6, 6.07) is 11.7. The van der Waals surface area contributed by atoms with Gasteiger partial charge < -0.3 is 4.74 Å². The van der Waals surface area contributed by atoms with Gasteiger partial charge in [-0.1, -0.05) is 31.5 Å². The van der Waals surface area contributed by atoms with Crippen molar-refractivity contribution in [2.75, 3.05) is 6.61 Å². The molecule has 0 unspecified atom stereocenters. The maximum absolute atomic E-state index is 9.06. The van der Waals surface area contributed by atoms with E-state index in [1.807, 2.05) is 30.3 Å². The fourth-order valence-corrected chi connectivity index (χ4v) is 1.60. The van der Waals surface area contributed by atoms with E-state index in [0.29, 0.717) is 18.1 Å². The van der Waals surface area contributed by atoms with Crippen molar-refractivity contribution < 1.29 is 4.74 Å². The van der Waals surface area contributed by atoms with Crippen molar-refractivity contribution >= 4 is 10.9 Å². The summed E-state index contributed by atoms with van der Waals surface area (Å²) in [6.07, 6.45) is 2.04. The number of aromatic nitrogens is 1. The number of hydrogen-bond acceptors (Lipinski definition) is 3. The predicted octanol–water partition coefficient (Wildman–Crippen LogP) is 3.29. The second-order valence-corrected chi connectivity index (χ2v) is 3.85. The molecule has 3 nitrogen and oxygen atoms in total. The van der Waals surface area contributed by atoms with Crippen LogP contribution in [0.5, 0.6) is 5.88 Å². The number of nitriles is 1. The Morgan fingerprint density at radius 1 is 1.35 bits per heavy atom. The summed E-state index contributed by atoms with van der Waals surface area (Å²) >= 11 is 0. The lowest BCUT2D eigenvalue weighted by Crippen LogP contribution is -2.01. The molecule has 0 saturated carbocycles. The number of fused-ring (bicyclic) bond motifs is 1. The molecule has 0 N–H and O–H groups in total. The topological polar surface area (TPSA) is 45.9 Å². The summed E-state index contributed by atoms with van der Waals surface area (Å²) in [5, 5.41) is 10.0. The second-order valence-electron chi connectivity index (χ2n) is 3.85. The van der Waals surface area contributed by atoms with Crippen LogP contribution in [0.2, 0.25) is 0 Å². The fourth-order valence-electron chi connectivity index (χ4n) is 1.60. The van der Waals surface area contributed by atoms with Crippen molar-refractivity contribution in [3.63, 3.8) is 0 Å². The van der Waals surface area contributed by atoms with Crippen molar-refractivity contribution in [2.45, 2.75) is 19.8 Å². The van der Waals surface area contributed by atoms with Crippen LogP contribution in [-0.2, 0) is 0 Å². The van der Waals surface area contributed by atoms with E-state index >= 15 is 0 Å². The summed E-state index contributed by atoms with van der Waals surface area (Å²) in [5.74, 6) is 0.444. The molecular weight excluding hydrogens is 212 g/mol. The first-order valence-corrected chi connectivity index (χ1v) is 5.78. The Hall–Kier alpha value is -2.08. The monoisotopic (exact) mass is 226 g/mol. The third-order valence-electron chi connectivity index (χ3n) is 2.55. The Bertz CT molecular complexity index is 558. The molecular formula is C14H14N2O. The van der Waals surface area contributed by atoms with E-state index in [0.717, 1.165) is 23.7 Å². The van der Waals surface area contributed by atoms with Crippen molar-refractivity contribution in [1.82, 2.24) is 4.98 Å². The minimum atomic E-state index is 0.444. The average molecular weight is 226 g/mol. The van der Waals surface area contributed by atoms with Crippen LogP contribution in [0, 0.1) is 11.3 Å². The summed E-state index contributed by atoms with van der Waals surface area (Å²) in [5.41, 5.74) is 1.36. The number of para-hydroxylation sites is 1. The summed E-state index contributed by atoms with van der Waals surface area (Å²) in [7, 11) is 0. The molecule has 0 aliphatic rings. The third kappa shape index (κ3) is 2.54. The minimum absolute atomic E-state index is 0.444. The van der Waals surface area contributed by atoms with Gasteiger partial charge in [0.1, 0.15) is 11.6 Å². The third-order valence-corrected chi connectivity index (χ3v) is 2.55. The van der Waals surface area contributed by atoms with Gasteiger partial charge in [-0.3, -0.25) is 0 Å². The van der Waals surface area contributed by atoms with E-state index in [-0.39, 0.29) is 0 Å². The van der Waals surface area contributed by atoms with Crippen molar-refractivity contribution in [3.8, 4) is 11.9 Å². The number of benzene rings is 1. The quantitative estimate of drug-likeness (QED) is 0.751. The van der Waals surface area contributed by atoms with Crippen LogP contribution in [0.4, 0.5) is 0 Å². The van der Waals surface area contributed by atoms with E-state index in [1.54, 1.807) is 0 Å². The molecule has 2 rings (SSSR count). The molecule has 0 radical (unpaired) electrons. The van der Waals surface area contributed by atoms with Gasteiger partial charge in [0.25, 0.3) is 0 Å². The first-order valence-electron chi connectivity index (χ1n) is 5.78. The molecule has 1 aromatic carbocycles. The van der Waals surface area contributed by atoms with E-state index in [2.05, 4.69) is 18.0 Å². The number of rotatable bonds is 4. The van der Waals surface area contributed by atoms with Crippen molar-refractivity contribution in [2.24, 2.45) is 0 Å². The first kappa shape index (κ1) is 11.4. The molecule has 1 aromatic heterocycles. The van der Waals surface area contributed by atoms with Crippen molar-refractivity contribution in [3.05, 3.63) is 35.9 Å². The predicted molar refractivity (Wildman–Crippen MR) is 66.9 cm³/mol. The molecule has 0 fully saturated rings. The molecule has 0 saturated heterocycles. The van der Waals surface area contributed by atoms with Crippen LogP contribution in [-0.4, -0.2) is 11.6 Å². The van der Waals surface area contributed by atoms with E-state index in [1.165, 1.54) is 0 Å². The smallest absolute Gasteiger partial charge is 0.232 e. The second kappa shape index (κ2) is 5.31. The number of nitrogens with zero attached hydrogens (tertiary/aromatic N) is 2. The normalized spacial score (nSPS) is 10.1. The van der Waals surface area contributed by atoms with E-state index in [4.69, 9.17) is 10.00 Å². The largest absolute Gasteiger partial charge is 0.477 e. The summed E-state index contributed by atoms with van der Waals surface area (Å²) < 4.78 is 5.54. The Morgan fingerprint density at radius 2 is 2.18 bits per heavy atom.